The average Bonchev–Trinajstić information content (AvgIpc) is 3.15. The normalized spacial score (nSPS) is 46.1. The Labute approximate surface area is 148 Å². The summed E-state index contributed by atoms with van der Waals surface area (Å²) in [6.07, 6.45) is 6.55. The van der Waals surface area contributed by atoms with Crippen molar-refractivity contribution in [3.05, 3.63) is 11.6 Å². The van der Waals surface area contributed by atoms with E-state index in [0.29, 0.717) is 32.0 Å². The third-order valence-corrected chi connectivity index (χ3v) is 7.70. The van der Waals surface area contributed by atoms with Crippen molar-refractivity contribution in [3.63, 3.8) is 0 Å². The molecule has 1 spiro atoms. The molecule has 5 heteroatoms. The first-order valence-electron chi connectivity index (χ1n) is 9.58. The van der Waals surface area contributed by atoms with Gasteiger partial charge in [-0.05, 0) is 49.4 Å². The van der Waals surface area contributed by atoms with Crippen LogP contribution < -0.4 is 0 Å². The fraction of sp³-hybridized carbons (Fsp3) is 0.800. The van der Waals surface area contributed by atoms with Crippen LogP contribution in [0.2, 0.25) is 0 Å². The minimum Gasteiger partial charge on any atom is -0.465 e. The molecule has 5 nitrogen and oxygen atoms in total. The maximum Gasteiger partial charge on any atom is 0.334 e. The summed E-state index contributed by atoms with van der Waals surface area (Å²) >= 11 is 0. The van der Waals surface area contributed by atoms with E-state index in [4.69, 9.17) is 9.47 Å². The molecule has 1 saturated carbocycles. The van der Waals surface area contributed by atoms with E-state index in [1.807, 2.05) is 6.08 Å². The highest BCUT2D eigenvalue weighted by atomic mass is 16.5. The molecule has 0 aromatic rings. The lowest BCUT2D eigenvalue weighted by Crippen LogP contribution is -2.56. The van der Waals surface area contributed by atoms with Gasteiger partial charge >= 0.3 is 11.9 Å². The number of esters is 2. The Bertz CT molecular complexity index is 626. The Hall–Kier alpha value is -1.36. The van der Waals surface area contributed by atoms with E-state index >= 15 is 0 Å². The maximum absolute atomic E-state index is 12.2. The van der Waals surface area contributed by atoms with Crippen LogP contribution in [0.4, 0.5) is 0 Å². The van der Waals surface area contributed by atoms with Crippen LogP contribution in [-0.4, -0.2) is 36.4 Å². The van der Waals surface area contributed by atoms with E-state index in [0.717, 1.165) is 31.3 Å². The lowest BCUT2D eigenvalue weighted by atomic mass is 9.46. The van der Waals surface area contributed by atoms with Crippen LogP contribution in [0, 0.1) is 28.6 Å². The van der Waals surface area contributed by atoms with Gasteiger partial charge in [-0.2, -0.15) is 0 Å². The van der Waals surface area contributed by atoms with Gasteiger partial charge in [0.25, 0.3) is 0 Å². The number of aliphatic hydroxyl groups is 1. The molecule has 4 aliphatic rings. The molecule has 4 rings (SSSR count). The van der Waals surface area contributed by atoms with E-state index < -0.39 is 6.10 Å². The molecule has 3 fully saturated rings. The number of carbonyl (C=O) groups is 2. The Morgan fingerprint density at radius 3 is 2.84 bits per heavy atom. The first kappa shape index (κ1) is 17.1. The van der Waals surface area contributed by atoms with E-state index in [9.17, 15) is 14.7 Å². The van der Waals surface area contributed by atoms with Gasteiger partial charge < -0.3 is 14.6 Å². The predicted molar refractivity (Wildman–Crippen MR) is 90.4 cm³/mol. The van der Waals surface area contributed by atoms with Crippen molar-refractivity contribution < 1.29 is 24.2 Å². The second-order valence-corrected chi connectivity index (χ2v) is 8.84. The molecule has 1 N–H and O–H groups in total. The minimum absolute atomic E-state index is 0.0726. The van der Waals surface area contributed by atoms with Gasteiger partial charge in [-0.25, -0.2) is 4.79 Å². The van der Waals surface area contributed by atoms with Crippen molar-refractivity contribution in [2.45, 2.75) is 58.5 Å². The highest BCUT2D eigenvalue weighted by molar-refractivity contribution is 5.92. The smallest absolute Gasteiger partial charge is 0.334 e. The van der Waals surface area contributed by atoms with Crippen LogP contribution in [0.3, 0.4) is 0 Å². The number of hydrogen-bond donors (Lipinski definition) is 1. The quantitative estimate of drug-likeness (QED) is 0.794. The molecular formula is C20H28O5. The van der Waals surface area contributed by atoms with E-state index in [1.54, 1.807) is 0 Å². The van der Waals surface area contributed by atoms with Gasteiger partial charge in [0, 0.05) is 16.9 Å². The third kappa shape index (κ3) is 2.46. The largest absolute Gasteiger partial charge is 0.465 e. The molecule has 0 bridgehead atoms. The lowest BCUT2D eigenvalue weighted by molar-refractivity contribution is -0.139. The SMILES string of the molecule is C[C@@H]1[C@H](O)C[C@@]23COC(=O)C2=CCC[C@@H]3[C@@]1(C)CC[C@H]1COC(=O)C1. The zero-order valence-electron chi connectivity index (χ0n) is 15.1. The summed E-state index contributed by atoms with van der Waals surface area (Å²) in [5.74, 6) is 0.496. The van der Waals surface area contributed by atoms with Crippen LogP contribution in [0.15, 0.2) is 11.6 Å². The molecule has 2 aliphatic carbocycles. The zero-order chi connectivity index (χ0) is 17.8. The molecule has 2 heterocycles. The van der Waals surface area contributed by atoms with Crippen molar-refractivity contribution in [1.29, 1.82) is 0 Å². The first-order valence-corrected chi connectivity index (χ1v) is 9.58. The fourth-order valence-electron chi connectivity index (χ4n) is 6.04. The van der Waals surface area contributed by atoms with E-state index in [1.165, 1.54) is 0 Å². The van der Waals surface area contributed by atoms with Gasteiger partial charge in [0.15, 0.2) is 0 Å². The number of rotatable bonds is 3. The van der Waals surface area contributed by atoms with Crippen molar-refractivity contribution in [2.24, 2.45) is 28.6 Å². The molecule has 0 aromatic carbocycles. The number of allylic oxidation sites excluding steroid dienone is 1. The molecule has 138 valence electrons. The number of cyclic esters (lactones) is 2. The monoisotopic (exact) mass is 348 g/mol. The second-order valence-electron chi connectivity index (χ2n) is 8.84. The lowest BCUT2D eigenvalue weighted by Gasteiger charge is -2.58. The van der Waals surface area contributed by atoms with Crippen molar-refractivity contribution in [3.8, 4) is 0 Å². The van der Waals surface area contributed by atoms with Crippen LogP contribution in [0.1, 0.15) is 52.4 Å². The number of ether oxygens (including phenoxy) is 2. The van der Waals surface area contributed by atoms with Crippen LogP contribution in [0.25, 0.3) is 0 Å². The first-order chi connectivity index (χ1) is 11.9. The average molecular weight is 348 g/mol. The minimum atomic E-state index is -0.432. The van der Waals surface area contributed by atoms with Crippen molar-refractivity contribution in [2.75, 3.05) is 13.2 Å². The molecule has 6 atom stereocenters. The zero-order valence-corrected chi connectivity index (χ0v) is 15.1. The summed E-state index contributed by atoms with van der Waals surface area (Å²) in [4.78, 5) is 23.6. The highest BCUT2D eigenvalue weighted by Crippen LogP contribution is 2.64. The molecule has 2 saturated heterocycles. The van der Waals surface area contributed by atoms with Gasteiger partial charge in [0.2, 0.25) is 0 Å². The van der Waals surface area contributed by atoms with Crippen molar-refractivity contribution >= 4 is 11.9 Å². The summed E-state index contributed by atoms with van der Waals surface area (Å²) in [7, 11) is 0. The maximum atomic E-state index is 12.2. The van der Waals surface area contributed by atoms with Gasteiger partial charge in [-0.15, -0.1) is 0 Å². The molecule has 0 amide bonds. The van der Waals surface area contributed by atoms with Gasteiger partial charge in [-0.1, -0.05) is 19.9 Å². The molecule has 2 aliphatic heterocycles. The molecule has 0 unspecified atom stereocenters. The summed E-state index contributed by atoms with van der Waals surface area (Å²) in [5, 5.41) is 10.8. The molecular weight excluding hydrogens is 320 g/mol. The molecule has 0 radical (unpaired) electrons. The Kier molecular flexibility index (Phi) is 3.98. The summed E-state index contributed by atoms with van der Waals surface area (Å²) in [5.41, 5.74) is 0.412. The Morgan fingerprint density at radius 2 is 2.12 bits per heavy atom. The summed E-state index contributed by atoms with van der Waals surface area (Å²) < 4.78 is 10.6. The van der Waals surface area contributed by atoms with Gasteiger partial charge in [-0.3, -0.25) is 4.79 Å². The number of aliphatic hydroxyl groups excluding tert-OH is 1. The highest BCUT2D eigenvalue weighted by Gasteiger charge is 2.63. The van der Waals surface area contributed by atoms with E-state index in [2.05, 4.69) is 13.8 Å². The summed E-state index contributed by atoms with van der Waals surface area (Å²) in [6.45, 7) is 5.35. The number of hydrogen-bond acceptors (Lipinski definition) is 5. The van der Waals surface area contributed by atoms with Crippen LogP contribution in [-0.2, 0) is 19.1 Å². The van der Waals surface area contributed by atoms with Gasteiger partial charge in [0.1, 0.15) is 6.61 Å². The van der Waals surface area contributed by atoms with Gasteiger partial charge in [0.05, 0.1) is 19.1 Å². The van der Waals surface area contributed by atoms with Crippen LogP contribution >= 0.6 is 0 Å². The van der Waals surface area contributed by atoms with E-state index in [-0.39, 0.29) is 34.6 Å². The molecule has 0 aromatic heterocycles. The topological polar surface area (TPSA) is 72.8 Å². The van der Waals surface area contributed by atoms with Crippen molar-refractivity contribution in [1.82, 2.24) is 0 Å². The predicted octanol–water partition coefficient (Wildman–Crippen LogP) is 2.62. The standard InChI is InChI=1S/C20H28O5/c1-12-15(21)9-20-11-25-18(23)14(20)4-3-5-16(20)19(12,2)7-6-13-8-17(22)24-10-13/h4,12-13,15-16,21H,3,5-11H2,1-2H3/t12-,13-,15-,16-,19+,20-/m1/s1. The Balaban J connectivity index is 1.62. The molecule has 25 heavy (non-hydrogen) atoms. The third-order valence-electron chi connectivity index (χ3n) is 7.70. The Morgan fingerprint density at radius 1 is 1.32 bits per heavy atom. The van der Waals surface area contributed by atoms with Crippen LogP contribution in [0.5, 0.6) is 0 Å². The fourth-order valence-corrected chi connectivity index (χ4v) is 6.04. The number of carbonyl (C=O) groups excluding carboxylic acids is 2. The second kappa shape index (κ2) is 5.83. The summed E-state index contributed by atoms with van der Waals surface area (Å²) in [6, 6.07) is 0.